The third-order valence-electron chi connectivity index (χ3n) is 4.43. The number of aryl methyl sites for hydroxylation is 1. The molecule has 0 fully saturated rings. The second-order valence-electron chi connectivity index (χ2n) is 6.24. The van der Waals surface area contributed by atoms with Crippen LogP contribution >= 0.6 is 0 Å². The van der Waals surface area contributed by atoms with Crippen molar-refractivity contribution in [2.45, 2.75) is 6.92 Å². The molecular weight excluding hydrogens is 346 g/mol. The predicted molar refractivity (Wildman–Crippen MR) is 98.6 cm³/mol. The average molecular weight is 359 g/mol. The molecule has 0 saturated heterocycles. The van der Waals surface area contributed by atoms with E-state index >= 15 is 0 Å². The summed E-state index contributed by atoms with van der Waals surface area (Å²) in [5.41, 5.74) is 1.80. The van der Waals surface area contributed by atoms with Crippen molar-refractivity contribution in [1.29, 1.82) is 0 Å². The van der Waals surface area contributed by atoms with Crippen molar-refractivity contribution >= 4 is 23.3 Å². The Morgan fingerprint density at radius 2 is 1.59 bits per heavy atom. The molecule has 0 unspecified atom stereocenters. The normalized spacial score (nSPS) is 13.0. The molecule has 0 bridgehead atoms. The number of allylic oxidation sites excluding steroid dienone is 1. The van der Waals surface area contributed by atoms with Crippen molar-refractivity contribution in [1.82, 2.24) is 0 Å². The highest BCUT2D eigenvalue weighted by atomic mass is 16.6. The Morgan fingerprint density at radius 3 is 2.22 bits per heavy atom. The summed E-state index contributed by atoms with van der Waals surface area (Å²) in [6.45, 7) is 1.77. The Hall–Kier alpha value is -3.80. The summed E-state index contributed by atoms with van der Waals surface area (Å²) >= 11 is 0. The maximum absolute atomic E-state index is 12.4. The van der Waals surface area contributed by atoms with E-state index in [0.717, 1.165) is 5.56 Å². The van der Waals surface area contributed by atoms with Crippen LogP contribution in [-0.2, 0) is 0 Å². The summed E-state index contributed by atoms with van der Waals surface area (Å²) in [7, 11) is 0. The molecule has 0 radical (unpaired) electrons. The Morgan fingerprint density at radius 1 is 0.926 bits per heavy atom. The van der Waals surface area contributed by atoms with Crippen LogP contribution in [0.25, 0.3) is 17.4 Å². The molecule has 1 aliphatic rings. The van der Waals surface area contributed by atoms with Crippen LogP contribution in [0.3, 0.4) is 0 Å². The van der Waals surface area contributed by atoms with Gasteiger partial charge in [-0.05, 0) is 36.8 Å². The van der Waals surface area contributed by atoms with E-state index in [9.17, 15) is 19.7 Å². The maximum atomic E-state index is 12.4. The zero-order valence-corrected chi connectivity index (χ0v) is 14.3. The number of hydrogen-bond donors (Lipinski definition) is 0. The number of nitro benzene ring substituents is 1. The van der Waals surface area contributed by atoms with E-state index in [4.69, 9.17) is 4.42 Å². The monoisotopic (exact) mass is 359 g/mol. The summed E-state index contributed by atoms with van der Waals surface area (Å²) < 4.78 is 5.67. The minimum Gasteiger partial charge on any atom is -0.456 e. The molecule has 0 aliphatic heterocycles. The van der Waals surface area contributed by atoms with Crippen molar-refractivity contribution < 1.29 is 18.9 Å². The summed E-state index contributed by atoms with van der Waals surface area (Å²) in [6, 6.07) is 14.6. The molecule has 1 heterocycles. The zero-order valence-electron chi connectivity index (χ0n) is 14.3. The van der Waals surface area contributed by atoms with Crippen molar-refractivity contribution in [2.75, 3.05) is 0 Å². The van der Waals surface area contributed by atoms with Gasteiger partial charge in [0.25, 0.3) is 5.69 Å². The Balaban J connectivity index is 1.73. The molecule has 0 spiro atoms. The second-order valence-corrected chi connectivity index (χ2v) is 6.24. The molecule has 6 nitrogen and oxygen atoms in total. The zero-order chi connectivity index (χ0) is 19.1. The lowest BCUT2D eigenvalue weighted by atomic mass is 10.1. The first-order chi connectivity index (χ1) is 13.0. The van der Waals surface area contributed by atoms with Crippen LogP contribution in [-0.4, -0.2) is 16.5 Å². The standard InChI is InChI=1S/C21H13NO5/c1-12-6-8-16(18(10-12)22(25)26)19-9-7-13(27-19)11-17-20(23)14-4-2-3-5-15(14)21(17)24/h2-11H,1H3. The smallest absolute Gasteiger partial charge is 0.280 e. The number of Topliss-reactive ketones (excluding diaryl/α,β-unsaturated/α-hetero) is 2. The van der Waals surface area contributed by atoms with Crippen LogP contribution < -0.4 is 0 Å². The molecule has 0 N–H and O–H groups in total. The number of benzene rings is 2. The molecule has 0 saturated carbocycles. The first kappa shape index (κ1) is 16.7. The largest absolute Gasteiger partial charge is 0.456 e. The van der Waals surface area contributed by atoms with Gasteiger partial charge in [-0.25, -0.2) is 0 Å². The van der Waals surface area contributed by atoms with Gasteiger partial charge in [-0.1, -0.05) is 30.3 Å². The van der Waals surface area contributed by atoms with E-state index in [1.54, 1.807) is 55.5 Å². The van der Waals surface area contributed by atoms with Gasteiger partial charge in [0.2, 0.25) is 0 Å². The van der Waals surface area contributed by atoms with E-state index < -0.39 is 4.92 Å². The van der Waals surface area contributed by atoms with Crippen LogP contribution in [0.15, 0.2) is 64.6 Å². The number of nitrogens with zero attached hydrogens (tertiary/aromatic N) is 1. The number of carbonyl (C=O) groups is 2. The van der Waals surface area contributed by atoms with E-state index in [-0.39, 0.29) is 28.6 Å². The third kappa shape index (κ3) is 2.77. The van der Waals surface area contributed by atoms with Crippen molar-refractivity contribution in [3.05, 3.63) is 92.7 Å². The fraction of sp³-hybridized carbons (Fsp3) is 0.0476. The van der Waals surface area contributed by atoms with E-state index in [0.29, 0.717) is 22.5 Å². The van der Waals surface area contributed by atoms with E-state index in [1.807, 2.05) is 0 Å². The minimum absolute atomic E-state index is 0.0236. The van der Waals surface area contributed by atoms with Gasteiger partial charge in [0.05, 0.1) is 16.1 Å². The molecule has 6 heteroatoms. The third-order valence-corrected chi connectivity index (χ3v) is 4.43. The van der Waals surface area contributed by atoms with Gasteiger partial charge < -0.3 is 4.42 Å². The van der Waals surface area contributed by atoms with Gasteiger partial charge in [0, 0.05) is 17.2 Å². The summed E-state index contributed by atoms with van der Waals surface area (Å²) in [4.78, 5) is 35.7. The molecule has 0 amide bonds. The van der Waals surface area contributed by atoms with E-state index in [1.165, 1.54) is 12.1 Å². The van der Waals surface area contributed by atoms with E-state index in [2.05, 4.69) is 0 Å². The lowest BCUT2D eigenvalue weighted by molar-refractivity contribution is -0.384. The minimum atomic E-state index is -0.469. The van der Waals surface area contributed by atoms with Gasteiger partial charge in [0.1, 0.15) is 11.5 Å². The number of furan rings is 1. The molecule has 27 heavy (non-hydrogen) atoms. The molecule has 4 rings (SSSR count). The number of rotatable bonds is 3. The molecule has 132 valence electrons. The molecule has 1 aromatic heterocycles. The maximum Gasteiger partial charge on any atom is 0.280 e. The van der Waals surface area contributed by atoms with Crippen LogP contribution in [0.5, 0.6) is 0 Å². The van der Waals surface area contributed by atoms with Gasteiger partial charge in [-0.15, -0.1) is 0 Å². The number of ketones is 2. The summed E-state index contributed by atoms with van der Waals surface area (Å²) in [5, 5.41) is 11.3. The lowest BCUT2D eigenvalue weighted by Gasteiger charge is -2.01. The van der Waals surface area contributed by atoms with Crippen LogP contribution in [0.4, 0.5) is 5.69 Å². The highest BCUT2D eigenvalue weighted by Gasteiger charge is 2.32. The van der Waals surface area contributed by atoms with Gasteiger partial charge in [-0.2, -0.15) is 0 Å². The Kier molecular flexibility index (Phi) is 3.81. The summed E-state index contributed by atoms with van der Waals surface area (Å²) in [5.74, 6) is -0.127. The second kappa shape index (κ2) is 6.17. The van der Waals surface area contributed by atoms with Crippen LogP contribution in [0.1, 0.15) is 32.0 Å². The lowest BCUT2D eigenvalue weighted by Crippen LogP contribution is -1.99. The molecule has 1 aliphatic carbocycles. The summed E-state index contributed by atoms with van der Waals surface area (Å²) in [6.07, 6.45) is 1.38. The van der Waals surface area contributed by atoms with Crippen molar-refractivity contribution in [2.24, 2.45) is 0 Å². The Labute approximate surface area is 153 Å². The fourth-order valence-electron chi connectivity index (χ4n) is 3.12. The molecule has 2 aromatic carbocycles. The number of hydrogen-bond acceptors (Lipinski definition) is 5. The van der Waals surface area contributed by atoms with Crippen molar-refractivity contribution in [3.63, 3.8) is 0 Å². The average Bonchev–Trinajstić information content (AvgIpc) is 3.21. The van der Waals surface area contributed by atoms with Gasteiger partial charge in [-0.3, -0.25) is 19.7 Å². The Bertz CT molecular complexity index is 1120. The topological polar surface area (TPSA) is 90.4 Å². The number of nitro groups is 1. The van der Waals surface area contributed by atoms with Crippen LogP contribution in [0, 0.1) is 17.0 Å². The number of carbonyl (C=O) groups excluding carboxylic acids is 2. The molecule has 0 atom stereocenters. The van der Waals surface area contributed by atoms with Crippen molar-refractivity contribution in [3.8, 4) is 11.3 Å². The molecule has 3 aromatic rings. The fourth-order valence-corrected chi connectivity index (χ4v) is 3.12. The van der Waals surface area contributed by atoms with Gasteiger partial charge in [0.15, 0.2) is 11.6 Å². The first-order valence-electron chi connectivity index (χ1n) is 8.21. The first-order valence-corrected chi connectivity index (χ1v) is 8.21. The predicted octanol–water partition coefficient (Wildman–Crippen LogP) is 4.63. The SMILES string of the molecule is Cc1ccc(-c2ccc(C=C3C(=O)c4ccccc4C3=O)o2)c([N+](=O)[O-])c1. The highest BCUT2D eigenvalue weighted by Crippen LogP contribution is 2.33. The quantitative estimate of drug-likeness (QED) is 0.294. The highest BCUT2D eigenvalue weighted by molar-refractivity contribution is 6.41. The molecular formula is C21H13NO5. The van der Waals surface area contributed by atoms with Gasteiger partial charge >= 0.3 is 0 Å². The van der Waals surface area contributed by atoms with Crippen LogP contribution in [0.2, 0.25) is 0 Å². The number of fused-ring (bicyclic) bond motifs is 1.